The Hall–Kier alpha value is -2.68. The molecule has 3 nitrogen and oxygen atoms in total. The van der Waals surface area contributed by atoms with Gasteiger partial charge >= 0.3 is 0 Å². The number of nitrogens with zero attached hydrogens (tertiary/aromatic N) is 2. The van der Waals surface area contributed by atoms with E-state index >= 15 is 0 Å². The molecule has 0 amide bonds. The first kappa shape index (κ1) is 12.4. The lowest BCUT2D eigenvalue weighted by Gasteiger charge is -1.98. The molecule has 0 unspecified atom stereocenters. The molecule has 0 saturated carbocycles. The highest BCUT2D eigenvalue weighted by atomic mass is 16.1. The molecule has 0 spiro atoms. The Labute approximate surface area is 117 Å². The Bertz CT molecular complexity index is 799. The highest BCUT2D eigenvalue weighted by molar-refractivity contribution is 6.06. The highest BCUT2D eigenvalue weighted by Crippen LogP contribution is 2.16. The first-order chi connectivity index (χ1) is 9.72. The van der Waals surface area contributed by atoms with Gasteiger partial charge in [0.1, 0.15) is 0 Å². The molecule has 0 aliphatic carbocycles. The number of aromatic nitrogens is 2. The molecule has 98 valence electrons. The quantitative estimate of drug-likeness (QED) is 0.535. The number of hydrogen-bond donors (Lipinski definition) is 0. The molecule has 0 atom stereocenters. The molecule has 0 aliphatic heterocycles. The van der Waals surface area contributed by atoms with Gasteiger partial charge in [0.2, 0.25) is 0 Å². The van der Waals surface area contributed by atoms with Crippen molar-refractivity contribution in [3.05, 3.63) is 72.1 Å². The number of fused-ring (bicyclic) bond motifs is 1. The van der Waals surface area contributed by atoms with Crippen LogP contribution in [-0.4, -0.2) is 15.6 Å². The van der Waals surface area contributed by atoms with Crippen molar-refractivity contribution in [2.24, 2.45) is 7.05 Å². The summed E-state index contributed by atoms with van der Waals surface area (Å²) < 4.78 is 1.62. The first-order valence-corrected chi connectivity index (χ1v) is 6.42. The van der Waals surface area contributed by atoms with Crippen LogP contribution in [0, 0.1) is 0 Å². The average molecular weight is 262 g/mol. The van der Waals surface area contributed by atoms with Gasteiger partial charge in [-0.2, -0.15) is 5.10 Å². The SMILES string of the molecule is Cn1cc(C(=O)C=Cc2ccc3ccccc3c2)cn1. The van der Waals surface area contributed by atoms with Gasteiger partial charge in [0.05, 0.1) is 11.8 Å². The second-order valence-electron chi connectivity index (χ2n) is 4.71. The second kappa shape index (κ2) is 5.13. The van der Waals surface area contributed by atoms with Crippen molar-refractivity contribution >= 4 is 22.6 Å². The van der Waals surface area contributed by atoms with Crippen LogP contribution in [0.1, 0.15) is 15.9 Å². The van der Waals surface area contributed by atoms with E-state index in [9.17, 15) is 4.79 Å². The monoisotopic (exact) mass is 262 g/mol. The number of benzene rings is 2. The minimum Gasteiger partial charge on any atom is -0.289 e. The maximum atomic E-state index is 12.0. The van der Waals surface area contributed by atoms with Gasteiger partial charge in [-0.3, -0.25) is 9.48 Å². The zero-order valence-corrected chi connectivity index (χ0v) is 11.2. The lowest BCUT2D eigenvalue weighted by atomic mass is 10.1. The molecule has 0 aliphatic rings. The summed E-state index contributed by atoms with van der Waals surface area (Å²) in [5.74, 6) is -0.0359. The van der Waals surface area contributed by atoms with Crippen molar-refractivity contribution in [3.63, 3.8) is 0 Å². The van der Waals surface area contributed by atoms with E-state index in [0.29, 0.717) is 5.56 Å². The summed E-state index contributed by atoms with van der Waals surface area (Å²) in [6.45, 7) is 0. The van der Waals surface area contributed by atoms with Crippen LogP contribution in [0.2, 0.25) is 0 Å². The largest absolute Gasteiger partial charge is 0.289 e. The summed E-state index contributed by atoms with van der Waals surface area (Å²) in [6.07, 6.45) is 6.71. The summed E-state index contributed by atoms with van der Waals surface area (Å²) >= 11 is 0. The van der Waals surface area contributed by atoms with Crippen molar-refractivity contribution in [1.82, 2.24) is 9.78 Å². The molecule has 0 saturated heterocycles. The zero-order valence-electron chi connectivity index (χ0n) is 11.2. The lowest BCUT2D eigenvalue weighted by molar-refractivity contribution is 0.104. The molecule has 3 heteroatoms. The minimum atomic E-state index is -0.0359. The maximum absolute atomic E-state index is 12.0. The van der Waals surface area contributed by atoms with Gasteiger partial charge in [0.25, 0.3) is 0 Å². The van der Waals surface area contributed by atoms with E-state index in [1.807, 2.05) is 24.3 Å². The van der Waals surface area contributed by atoms with E-state index in [2.05, 4.69) is 29.4 Å². The van der Waals surface area contributed by atoms with Crippen LogP contribution in [0.3, 0.4) is 0 Å². The molecule has 3 rings (SSSR count). The number of hydrogen-bond acceptors (Lipinski definition) is 2. The fourth-order valence-electron chi connectivity index (χ4n) is 2.13. The molecule has 0 fully saturated rings. The van der Waals surface area contributed by atoms with Gasteiger partial charge < -0.3 is 0 Å². The molecule has 3 aromatic rings. The second-order valence-corrected chi connectivity index (χ2v) is 4.71. The van der Waals surface area contributed by atoms with Gasteiger partial charge in [-0.1, -0.05) is 42.5 Å². The third kappa shape index (κ3) is 2.52. The van der Waals surface area contributed by atoms with Gasteiger partial charge in [0.15, 0.2) is 5.78 Å². The standard InChI is InChI=1S/C17H14N2O/c1-19-12-16(11-18-19)17(20)9-7-13-6-8-14-4-2-3-5-15(14)10-13/h2-12H,1H3. The molecule has 0 N–H and O–H groups in total. The molecule has 1 heterocycles. The van der Waals surface area contributed by atoms with Gasteiger partial charge in [-0.25, -0.2) is 0 Å². The van der Waals surface area contributed by atoms with Crippen LogP contribution in [0.25, 0.3) is 16.8 Å². The normalized spacial score (nSPS) is 11.2. The molecular weight excluding hydrogens is 248 g/mol. The Balaban J connectivity index is 1.85. The minimum absolute atomic E-state index is 0.0359. The average Bonchev–Trinajstić information content (AvgIpc) is 2.91. The number of allylic oxidation sites excluding steroid dienone is 1. The predicted molar refractivity (Wildman–Crippen MR) is 80.5 cm³/mol. The first-order valence-electron chi connectivity index (χ1n) is 6.42. The van der Waals surface area contributed by atoms with Crippen LogP contribution >= 0.6 is 0 Å². The van der Waals surface area contributed by atoms with Crippen LogP contribution in [0.4, 0.5) is 0 Å². The van der Waals surface area contributed by atoms with E-state index < -0.39 is 0 Å². The maximum Gasteiger partial charge on any atom is 0.189 e. The Kier molecular flexibility index (Phi) is 3.17. The smallest absolute Gasteiger partial charge is 0.189 e. The zero-order chi connectivity index (χ0) is 13.9. The molecule has 1 aromatic heterocycles. The van der Waals surface area contributed by atoms with Crippen LogP contribution in [0.15, 0.2) is 60.9 Å². The molecule has 0 radical (unpaired) electrons. The third-order valence-electron chi connectivity index (χ3n) is 3.19. The van der Waals surface area contributed by atoms with Gasteiger partial charge in [-0.15, -0.1) is 0 Å². The van der Waals surface area contributed by atoms with Crippen LogP contribution in [-0.2, 0) is 7.05 Å². The highest BCUT2D eigenvalue weighted by Gasteiger charge is 2.03. The summed E-state index contributed by atoms with van der Waals surface area (Å²) in [5, 5.41) is 6.36. The third-order valence-corrected chi connectivity index (χ3v) is 3.19. The molecule has 0 bridgehead atoms. The predicted octanol–water partition coefficient (Wildman–Crippen LogP) is 3.47. The Morgan fingerprint density at radius 1 is 1.15 bits per heavy atom. The van der Waals surface area contributed by atoms with Crippen molar-refractivity contribution in [2.75, 3.05) is 0 Å². The lowest BCUT2D eigenvalue weighted by Crippen LogP contribution is -1.91. The summed E-state index contributed by atoms with van der Waals surface area (Å²) in [4.78, 5) is 12.0. The Morgan fingerprint density at radius 3 is 2.70 bits per heavy atom. The van der Waals surface area contributed by atoms with E-state index in [1.54, 1.807) is 30.2 Å². The van der Waals surface area contributed by atoms with E-state index in [4.69, 9.17) is 0 Å². The molecular formula is C17H14N2O. The number of carbonyl (C=O) groups is 1. The number of aryl methyl sites for hydroxylation is 1. The van der Waals surface area contributed by atoms with Gasteiger partial charge in [0, 0.05) is 13.2 Å². The number of rotatable bonds is 3. The molecule has 20 heavy (non-hydrogen) atoms. The summed E-state index contributed by atoms with van der Waals surface area (Å²) in [6, 6.07) is 14.3. The number of ketones is 1. The van der Waals surface area contributed by atoms with Crippen molar-refractivity contribution in [1.29, 1.82) is 0 Å². The van der Waals surface area contributed by atoms with Gasteiger partial charge in [-0.05, 0) is 28.5 Å². The number of carbonyl (C=O) groups excluding carboxylic acids is 1. The summed E-state index contributed by atoms with van der Waals surface area (Å²) in [5.41, 5.74) is 1.62. The fraction of sp³-hybridized carbons (Fsp3) is 0.0588. The topological polar surface area (TPSA) is 34.9 Å². The van der Waals surface area contributed by atoms with E-state index in [-0.39, 0.29) is 5.78 Å². The van der Waals surface area contributed by atoms with Crippen LogP contribution < -0.4 is 0 Å². The van der Waals surface area contributed by atoms with Crippen LogP contribution in [0.5, 0.6) is 0 Å². The van der Waals surface area contributed by atoms with E-state index in [0.717, 1.165) is 5.56 Å². The van der Waals surface area contributed by atoms with Crippen molar-refractivity contribution in [2.45, 2.75) is 0 Å². The molecule has 2 aromatic carbocycles. The van der Waals surface area contributed by atoms with Crippen molar-refractivity contribution < 1.29 is 4.79 Å². The van der Waals surface area contributed by atoms with E-state index in [1.165, 1.54) is 10.8 Å². The van der Waals surface area contributed by atoms with Crippen molar-refractivity contribution in [3.8, 4) is 0 Å². The fourth-order valence-corrected chi connectivity index (χ4v) is 2.13. The summed E-state index contributed by atoms with van der Waals surface area (Å²) in [7, 11) is 1.80. The Morgan fingerprint density at radius 2 is 1.95 bits per heavy atom.